The number of carbonyl (C=O) groups excluding carboxylic acids is 1. The number of aliphatic hydroxyl groups is 7. The third-order valence-corrected chi connectivity index (χ3v) is 11.7. The van der Waals surface area contributed by atoms with E-state index in [9.17, 15) is 40.5 Å². The smallest absolute Gasteiger partial charge is 0.306 e. The summed E-state index contributed by atoms with van der Waals surface area (Å²) in [5.74, 6) is -0.381. The van der Waals surface area contributed by atoms with Crippen LogP contribution in [0.5, 0.6) is 0 Å². The highest BCUT2D eigenvalue weighted by Crippen LogP contribution is 2.26. The molecule has 2 aliphatic rings. The standard InChI is InChI=1S/C48H88O14/c1-3-5-7-9-11-13-14-15-16-17-18-19-20-21-22-23-25-27-29-31-40(50)60-37(34-57-32-30-28-26-24-12-10-8-6-4-2)35-58-47-46(56)44(54)42(52)39(62-47)36-59-48-45(55)43(53)41(51)38(33-49)61-48/h11,13,15-16,37-39,41-49,51-56H,3-10,12,14,17-36H2,1-2H3/b13-11-,16-15-. The molecule has 0 radical (unpaired) electrons. The molecule has 11 atom stereocenters. The lowest BCUT2D eigenvalue weighted by Gasteiger charge is -2.42. The Hall–Kier alpha value is -1.53. The van der Waals surface area contributed by atoms with E-state index < -0.39 is 80.7 Å². The summed E-state index contributed by atoms with van der Waals surface area (Å²) in [7, 11) is 0. The third kappa shape index (κ3) is 24.7. The van der Waals surface area contributed by atoms with Crippen LogP contribution in [0.15, 0.2) is 24.3 Å². The third-order valence-electron chi connectivity index (χ3n) is 11.7. The summed E-state index contributed by atoms with van der Waals surface area (Å²) in [6, 6.07) is 0. The molecule has 364 valence electrons. The zero-order chi connectivity index (χ0) is 45.2. The summed E-state index contributed by atoms with van der Waals surface area (Å²) >= 11 is 0. The molecule has 2 saturated heterocycles. The lowest BCUT2D eigenvalue weighted by Crippen LogP contribution is -2.61. The Bertz CT molecular complexity index is 1120. The van der Waals surface area contributed by atoms with E-state index in [1.54, 1.807) is 0 Å². The molecule has 14 heteroatoms. The highest BCUT2D eigenvalue weighted by atomic mass is 16.7. The van der Waals surface area contributed by atoms with Crippen LogP contribution in [0, 0.1) is 0 Å². The summed E-state index contributed by atoms with van der Waals surface area (Å²) in [5.41, 5.74) is 0. The van der Waals surface area contributed by atoms with E-state index in [0.29, 0.717) is 13.0 Å². The van der Waals surface area contributed by atoms with Crippen LogP contribution in [0.3, 0.4) is 0 Å². The maximum Gasteiger partial charge on any atom is 0.306 e. The second-order valence-corrected chi connectivity index (χ2v) is 17.3. The number of esters is 1. The Morgan fingerprint density at radius 1 is 0.532 bits per heavy atom. The van der Waals surface area contributed by atoms with Gasteiger partial charge in [-0.2, -0.15) is 0 Å². The van der Waals surface area contributed by atoms with Crippen molar-refractivity contribution in [2.24, 2.45) is 0 Å². The van der Waals surface area contributed by atoms with E-state index in [4.69, 9.17) is 28.4 Å². The van der Waals surface area contributed by atoms with Crippen LogP contribution in [0.25, 0.3) is 0 Å². The van der Waals surface area contributed by atoms with Gasteiger partial charge in [0.2, 0.25) is 0 Å². The first-order valence-electron chi connectivity index (χ1n) is 24.4. The predicted octanol–water partition coefficient (Wildman–Crippen LogP) is 6.46. The number of ether oxygens (including phenoxy) is 6. The number of rotatable bonds is 38. The van der Waals surface area contributed by atoms with Gasteiger partial charge in [0.1, 0.15) is 54.9 Å². The van der Waals surface area contributed by atoms with Gasteiger partial charge in [-0.1, -0.05) is 147 Å². The largest absolute Gasteiger partial charge is 0.457 e. The maximum atomic E-state index is 13.0. The van der Waals surface area contributed by atoms with E-state index in [1.807, 2.05) is 0 Å². The molecule has 0 spiro atoms. The van der Waals surface area contributed by atoms with E-state index >= 15 is 0 Å². The van der Waals surface area contributed by atoms with Crippen molar-refractivity contribution >= 4 is 5.97 Å². The first-order valence-corrected chi connectivity index (χ1v) is 24.4. The molecule has 14 nitrogen and oxygen atoms in total. The van der Waals surface area contributed by atoms with Crippen molar-refractivity contribution in [3.05, 3.63) is 24.3 Å². The van der Waals surface area contributed by atoms with Crippen LogP contribution in [0.1, 0.15) is 174 Å². The van der Waals surface area contributed by atoms with Crippen LogP contribution in [-0.4, -0.2) is 142 Å². The fourth-order valence-corrected chi connectivity index (χ4v) is 7.67. The second kappa shape index (κ2) is 36.7. The van der Waals surface area contributed by atoms with Crippen LogP contribution in [0.4, 0.5) is 0 Å². The Balaban J connectivity index is 1.75. The molecule has 2 fully saturated rings. The van der Waals surface area contributed by atoms with Gasteiger partial charge in [-0.25, -0.2) is 0 Å². The second-order valence-electron chi connectivity index (χ2n) is 17.3. The molecule has 0 aliphatic carbocycles. The van der Waals surface area contributed by atoms with Gasteiger partial charge in [-0.3, -0.25) is 4.79 Å². The minimum atomic E-state index is -1.70. The average Bonchev–Trinajstić information content (AvgIpc) is 3.27. The zero-order valence-electron chi connectivity index (χ0n) is 38.4. The van der Waals surface area contributed by atoms with Gasteiger partial charge in [0, 0.05) is 13.0 Å². The summed E-state index contributed by atoms with van der Waals surface area (Å²) in [6.07, 6.45) is 21.0. The Morgan fingerprint density at radius 3 is 1.58 bits per heavy atom. The molecule has 2 aliphatic heterocycles. The topological polar surface area (TPSA) is 214 Å². The molecule has 0 amide bonds. The van der Waals surface area contributed by atoms with Crippen molar-refractivity contribution < 1.29 is 69.0 Å². The molecular formula is C48H88O14. The zero-order valence-corrected chi connectivity index (χ0v) is 38.4. The lowest BCUT2D eigenvalue weighted by atomic mass is 9.98. The minimum Gasteiger partial charge on any atom is -0.457 e. The van der Waals surface area contributed by atoms with Crippen LogP contribution < -0.4 is 0 Å². The number of hydrogen-bond acceptors (Lipinski definition) is 14. The van der Waals surface area contributed by atoms with Crippen LogP contribution in [-0.2, 0) is 33.2 Å². The van der Waals surface area contributed by atoms with Gasteiger partial charge in [-0.05, 0) is 44.9 Å². The first-order chi connectivity index (χ1) is 30.1. The molecule has 0 saturated carbocycles. The van der Waals surface area contributed by atoms with Gasteiger partial charge in [0.05, 0.1) is 26.4 Å². The van der Waals surface area contributed by atoms with Crippen molar-refractivity contribution in [3.8, 4) is 0 Å². The highest BCUT2D eigenvalue weighted by molar-refractivity contribution is 5.69. The van der Waals surface area contributed by atoms with E-state index in [2.05, 4.69) is 38.2 Å². The Kier molecular flexibility index (Phi) is 33.5. The molecule has 0 aromatic carbocycles. The monoisotopic (exact) mass is 889 g/mol. The maximum absolute atomic E-state index is 13.0. The summed E-state index contributed by atoms with van der Waals surface area (Å²) in [5, 5.41) is 71.9. The van der Waals surface area contributed by atoms with E-state index in [1.165, 1.54) is 96.3 Å². The van der Waals surface area contributed by atoms with Crippen LogP contribution in [0.2, 0.25) is 0 Å². The molecule has 2 rings (SSSR count). The molecule has 2 heterocycles. The molecule has 62 heavy (non-hydrogen) atoms. The molecular weight excluding hydrogens is 801 g/mol. The fraction of sp³-hybridized carbons (Fsp3) is 0.896. The van der Waals surface area contributed by atoms with Gasteiger partial charge in [0.15, 0.2) is 12.6 Å². The van der Waals surface area contributed by atoms with Crippen molar-refractivity contribution in [1.29, 1.82) is 0 Å². The number of aliphatic hydroxyl groups excluding tert-OH is 7. The molecule has 0 bridgehead atoms. The van der Waals surface area contributed by atoms with Crippen molar-refractivity contribution in [3.63, 3.8) is 0 Å². The minimum absolute atomic E-state index is 0.0627. The van der Waals surface area contributed by atoms with Crippen molar-refractivity contribution in [2.75, 3.05) is 33.0 Å². The lowest BCUT2D eigenvalue weighted by molar-refractivity contribution is -0.332. The number of allylic oxidation sites excluding steroid dienone is 4. The predicted molar refractivity (Wildman–Crippen MR) is 238 cm³/mol. The van der Waals surface area contributed by atoms with Gasteiger partial charge in [-0.15, -0.1) is 0 Å². The summed E-state index contributed by atoms with van der Waals surface area (Å²) in [4.78, 5) is 13.0. The van der Waals surface area contributed by atoms with Gasteiger partial charge >= 0.3 is 5.97 Å². The fourth-order valence-electron chi connectivity index (χ4n) is 7.67. The van der Waals surface area contributed by atoms with Crippen LogP contribution >= 0.6 is 0 Å². The molecule has 11 unspecified atom stereocenters. The number of unbranched alkanes of at least 4 members (excludes halogenated alkanes) is 20. The molecule has 7 N–H and O–H groups in total. The van der Waals surface area contributed by atoms with Gasteiger partial charge < -0.3 is 64.2 Å². The Labute approximate surface area is 373 Å². The molecule has 0 aromatic heterocycles. The number of carbonyl (C=O) groups is 1. The highest BCUT2D eigenvalue weighted by Gasteiger charge is 2.47. The van der Waals surface area contributed by atoms with E-state index in [0.717, 1.165) is 51.4 Å². The van der Waals surface area contributed by atoms with Crippen molar-refractivity contribution in [1.82, 2.24) is 0 Å². The average molecular weight is 889 g/mol. The van der Waals surface area contributed by atoms with Gasteiger partial charge in [0.25, 0.3) is 0 Å². The van der Waals surface area contributed by atoms with E-state index in [-0.39, 0.29) is 25.6 Å². The number of hydrogen-bond donors (Lipinski definition) is 7. The summed E-state index contributed by atoms with van der Waals surface area (Å²) < 4.78 is 34.1. The summed E-state index contributed by atoms with van der Waals surface area (Å²) in [6.45, 7) is 3.64. The SMILES string of the molecule is CCCCC/C=C\C/C=C\CCCCCCCCCCCC(=O)OC(COCCCCCCCCCCC)COC1OC(COC2OC(CO)C(O)C(O)C2O)C(O)C(O)C1O. The normalized spacial score (nSPS) is 27.4. The quantitative estimate of drug-likeness (QED) is 0.0202. The molecule has 0 aromatic rings. The van der Waals surface area contributed by atoms with Crippen molar-refractivity contribution in [2.45, 2.75) is 242 Å². The first kappa shape index (κ1) is 56.6. The Morgan fingerprint density at radius 2 is 1.00 bits per heavy atom.